The summed E-state index contributed by atoms with van der Waals surface area (Å²) < 4.78 is 0. The molecule has 1 heterocycles. The topological polar surface area (TPSA) is 47.9 Å². The average molecular weight is 151 g/mol. The van der Waals surface area contributed by atoms with E-state index in [0.29, 0.717) is 18.0 Å². The second-order valence-electron chi connectivity index (χ2n) is 3.52. The van der Waals surface area contributed by atoms with Crippen LogP contribution in [-0.2, 0) is 0 Å². The van der Waals surface area contributed by atoms with E-state index >= 15 is 0 Å². The maximum Gasteiger partial charge on any atom is 0.0657 e. The second kappa shape index (κ2) is 2.80. The highest BCUT2D eigenvalue weighted by molar-refractivity contribution is 4.99. The van der Waals surface area contributed by atoms with Crippen molar-refractivity contribution in [1.82, 2.24) is 10.6 Å². The fourth-order valence-electron chi connectivity index (χ4n) is 1.60. The molecular formula is C8H13N3. The quantitative estimate of drug-likeness (QED) is 0.577. The molecule has 60 valence electrons. The summed E-state index contributed by atoms with van der Waals surface area (Å²) in [5.74, 6) is 0.334. The van der Waals surface area contributed by atoms with Crippen molar-refractivity contribution in [3.05, 3.63) is 0 Å². The van der Waals surface area contributed by atoms with E-state index in [1.165, 1.54) is 0 Å². The van der Waals surface area contributed by atoms with Crippen molar-refractivity contribution in [3.63, 3.8) is 0 Å². The molecule has 3 heteroatoms. The van der Waals surface area contributed by atoms with Crippen LogP contribution in [0, 0.1) is 17.2 Å². The van der Waals surface area contributed by atoms with Crippen LogP contribution in [0.2, 0.25) is 0 Å². The van der Waals surface area contributed by atoms with Crippen LogP contribution in [0.4, 0.5) is 0 Å². The van der Waals surface area contributed by atoms with E-state index in [-0.39, 0.29) is 0 Å². The van der Waals surface area contributed by atoms with E-state index in [9.17, 15) is 0 Å². The normalized spacial score (nSPS) is 37.0. The zero-order valence-corrected chi connectivity index (χ0v) is 6.51. The van der Waals surface area contributed by atoms with Gasteiger partial charge in [-0.05, 0) is 12.8 Å². The van der Waals surface area contributed by atoms with Crippen molar-refractivity contribution < 1.29 is 0 Å². The second-order valence-corrected chi connectivity index (χ2v) is 3.52. The third kappa shape index (κ3) is 1.37. The Balaban J connectivity index is 1.64. The average Bonchev–Trinajstić information content (AvgIpc) is 1.81. The van der Waals surface area contributed by atoms with Gasteiger partial charge in [0.25, 0.3) is 0 Å². The molecular weight excluding hydrogens is 138 g/mol. The predicted molar refractivity (Wildman–Crippen MR) is 41.9 cm³/mol. The molecule has 2 aliphatic rings. The predicted octanol–water partition coefficient (Wildman–Crippen LogP) is -0.150. The summed E-state index contributed by atoms with van der Waals surface area (Å²) in [6.45, 7) is 2.21. The molecule has 0 aromatic rings. The van der Waals surface area contributed by atoms with Crippen LogP contribution in [-0.4, -0.2) is 25.2 Å². The Morgan fingerprint density at radius 2 is 2.00 bits per heavy atom. The first kappa shape index (κ1) is 7.08. The minimum atomic E-state index is 0.334. The van der Waals surface area contributed by atoms with Crippen LogP contribution in [0.1, 0.15) is 12.8 Å². The molecule has 1 saturated carbocycles. The molecule has 1 aliphatic heterocycles. The number of hydrogen-bond donors (Lipinski definition) is 2. The lowest BCUT2D eigenvalue weighted by molar-refractivity contribution is 0.221. The van der Waals surface area contributed by atoms with E-state index in [4.69, 9.17) is 5.26 Å². The van der Waals surface area contributed by atoms with Gasteiger partial charge >= 0.3 is 0 Å². The fourth-order valence-corrected chi connectivity index (χ4v) is 1.60. The summed E-state index contributed by atoms with van der Waals surface area (Å²) >= 11 is 0. The lowest BCUT2D eigenvalue weighted by Gasteiger charge is -2.38. The van der Waals surface area contributed by atoms with Crippen LogP contribution in [0.15, 0.2) is 0 Å². The Morgan fingerprint density at radius 3 is 2.45 bits per heavy atom. The summed E-state index contributed by atoms with van der Waals surface area (Å²) in [7, 11) is 0. The van der Waals surface area contributed by atoms with Crippen molar-refractivity contribution in [3.8, 4) is 6.07 Å². The van der Waals surface area contributed by atoms with Gasteiger partial charge in [0.05, 0.1) is 6.07 Å². The first-order valence-corrected chi connectivity index (χ1v) is 4.25. The highest BCUT2D eigenvalue weighted by atomic mass is 15.1. The van der Waals surface area contributed by atoms with Crippen molar-refractivity contribution in [2.75, 3.05) is 13.1 Å². The van der Waals surface area contributed by atoms with Crippen LogP contribution >= 0.6 is 0 Å². The van der Waals surface area contributed by atoms with Crippen LogP contribution in [0.25, 0.3) is 0 Å². The SMILES string of the molecule is N#CC1CC(NC2CNC2)C1. The summed E-state index contributed by atoms with van der Waals surface area (Å²) in [5.41, 5.74) is 0. The zero-order chi connectivity index (χ0) is 7.68. The van der Waals surface area contributed by atoms with Crippen LogP contribution < -0.4 is 10.6 Å². The summed E-state index contributed by atoms with van der Waals surface area (Å²) in [4.78, 5) is 0. The maximum atomic E-state index is 8.52. The van der Waals surface area contributed by atoms with Gasteiger partial charge in [0.2, 0.25) is 0 Å². The third-order valence-electron chi connectivity index (χ3n) is 2.57. The number of nitrogens with one attached hydrogen (secondary N) is 2. The highest BCUT2D eigenvalue weighted by Crippen LogP contribution is 2.26. The molecule has 1 aliphatic carbocycles. The standard InChI is InChI=1S/C8H13N3/c9-3-6-1-7(2-6)11-8-4-10-5-8/h6-8,10-11H,1-2,4-5H2. The molecule has 2 N–H and O–H groups in total. The molecule has 2 fully saturated rings. The number of rotatable bonds is 2. The fraction of sp³-hybridized carbons (Fsp3) is 0.875. The minimum Gasteiger partial charge on any atom is -0.314 e. The maximum absolute atomic E-state index is 8.52. The first-order chi connectivity index (χ1) is 5.38. The van der Waals surface area contributed by atoms with E-state index in [1.807, 2.05) is 0 Å². The largest absolute Gasteiger partial charge is 0.314 e. The van der Waals surface area contributed by atoms with Gasteiger partial charge in [0, 0.05) is 31.1 Å². The van der Waals surface area contributed by atoms with Crippen molar-refractivity contribution in [2.24, 2.45) is 5.92 Å². The van der Waals surface area contributed by atoms with E-state index < -0.39 is 0 Å². The first-order valence-electron chi connectivity index (χ1n) is 4.25. The van der Waals surface area contributed by atoms with Gasteiger partial charge in [-0.3, -0.25) is 0 Å². The molecule has 3 nitrogen and oxygen atoms in total. The summed E-state index contributed by atoms with van der Waals surface area (Å²) in [6, 6.07) is 3.60. The van der Waals surface area contributed by atoms with Gasteiger partial charge in [-0.2, -0.15) is 5.26 Å². The van der Waals surface area contributed by atoms with Gasteiger partial charge in [-0.1, -0.05) is 0 Å². The van der Waals surface area contributed by atoms with Crippen molar-refractivity contribution >= 4 is 0 Å². The van der Waals surface area contributed by atoms with Gasteiger partial charge < -0.3 is 10.6 Å². The Hall–Kier alpha value is -0.590. The Morgan fingerprint density at radius 1 is 1.27 bits per heavy atom. The number of nitriles is 1. The number of nitrogens with zero attached hydrogens (tertiary/aromatic N) is 1. The van der Waals surface area contributed by atoms with Gasteiger partial charge in [-0.15, -0.1) is 0 Å². The molecule has 0 aromatic heterocycles. The Labute approximate surface area is 66.8 Å². The summed E-state index contributed by atoms with van der Waals surface area (Å²) in [5, 5.41) is 15.2. The molecule has 1 saturated heterocycles. The van der Waals surface area contributed by atoms with Crippen molar-refractivity contribution in [1.29, 1.82) is 5.26 Å². The summed E-state index contributed by atoms with van der Waals surface area (Å²) in [6.07, 6.45) is 2.12. The van der Waals surface area contributed by atoms with Gasteiger partial charge in [-0.25, -0.2) is 0 Å². The molecule has 0 radical (unpaired) electrons. The Bertz CT molecular complexity index is 174. The molecule has 0 aromatic carbocycles. The van der Waals surface area contributed by atoms with Crippen LogP contribution in [0.3, 0.4) is 0 Å². The third-order valence-corrected chi connectivity index (χ3v) is 2.57. The lowest BCUT2D eigenvalue weighted by Crippen LogP contribution is -2.60. The molecule has 0 atom stereocenters. The van der Waals surface area contributed by atoms with Gasteiger partial charge in [0.1, 0.15) is 0 Å². The molecule has 11 heavy (non-hydrogen) atoms. The monoisotopic (exact) mass is 151 g/mol. The van der Waals surface area contributed by atoms with Gasteiger partial charge in [0.15, 0.2) is 0 Å². The molecule has 0 amide bonds. The van der Waals surface area contributed by atoms with E-state index in [1.54, 1.807) is 0 Å². The molecule has 0 bridgehead atoms. The number of hydrogen-bond acceptors (Lipinski definition) is 3. The Kier molecular flexibility index (Phi) is 1.80. The lowest BCUT2D eigenvalue weighted by atomic mass is 9.81. The van der Waals surface area contributed by atoms with Crippen LogP contribution in [0.5, 0.6) is 0 Å². The smallest absolute Gasteiger partial charge is 0.0657 e. The minimum absolute atomic E-state index is 0.334. The molecule has 2 rings (SSSR count). The molecule has 0 unspecified atom stereocenters. The highest BCUT2D eigenvalue weighted by Gasteiger charge is 2.31. The van der Waals surface area contributed by atoms with E-state index in [2.05, 4.69) is 16.7 Å². The van der Waals surface area contributed by atoms with E-state index in [0.717, 1.165) is 25.9 Å². The zero-order valence-electron chi connectivity index (χ0n) is 6.51. The van der Waals surface area contributed by atoms with Crippen molar-refractivity contribution in [2.45, 2.75) is 24.9 Å². The molecule has 0 spiro atoms.